The number of halogens is 1. The maximum Gasteiger partial charge on any atom is 0.313 e. The van der Waals surface area contributed by atoms with Crippen LogP contribution in [0.2, 0.25) is 5.02 Å². The molecular formula is C19H19ClN2O5. The number of fused-ring (bicyclic) bond motifs is 1. The third-order valence-corrected chi connectivity index (χ3v) is 4.72. The van der Waals surface area contributed by atoms with E-state index in [0.29, 0.717) is 33.3 Å². The van der Waals surface area contributed by atoms with Gasteiger partial charge in [0.15, 0.2) is 11.5 Å². The third kappa shape index (κ3) is 4.15. The SMILES string of the molecule is Cc1c(Cl)cccc1NC(=O)C(=O)NC[C@@](C)(O)c1ccc2c(c1)OCO2. The molecule has 27 heavy (non-hydrogen) atoms. The van der Waals surface area contributed by atoms with Gasteiger partial charge in [-0.1, -0.05) is 23.7 Å². The average Bonchev–Trinajstić information content (AvgIpc) is 3.11. The fraction of sp³-hybridized carbons (Fsp3) is 0.263. The molecule has 2 amide bonds. The number of amides is 2. The van der Waals surface area contributed by atoms with Gasteiger partial charge >= 0.3 is 11.8 Å². The second-order valence-corrected chi connectivity index (χ2v) is 6.80. The Hall–Kier alpha value is -2.77. The molecule has 1 aliphatic rings. The highest BCUT2D eigenvalue weighted by atomic mass is 35.5. The molecule has 2 aromatic rings. The maximum absolute atomic E-state index is 12.1. The fourth-order valence-electron chi connectivity index (χ4n) is 2.59. The van der Waals surface area contributed by atoms with E-state index in [0.717, 1.165) is 0 Å². The molecule has 2 aromatic carbocycles. The molecule has 0 saturated heterocycles. The zero-order valence-corrected chi connectivity index (χ0v) is 15.6. The van der Waals surface area contributed by atoms with Crippen LogP contribution in [-0.4, -0.2) is 30.3 Å². The number of carbonyl (C=O) groups excluding carboxylic acids is 2. The van der Waals surface area contributed by atoms with Crippen molar-refractivity contribution in [3.8, 4) is 11.5 Å². The van der Waals surface area contributed by atoms with Crippen LogP contribution in [0.15, 0.2) is 36.4 Å². The quantitative estimate of drug-likeness (QED) is 0.696. The number of anilines is 1. The maximum atomic E-state index is 12.1. The van der Waals surface area contributed by atoms with Crippen LogP contribution in [-0.2, 0) is 15.2 Å². The molecule has 0 aliphatic carbocycles. The van der Waals surface area contributed by atoms with E-state index in [9.17, 15) is 14.7 Å². The van der Waals surface area contributed by atoms with Gasteiger partial charge in [-0.25, -0.2) is 0 Å². The lowest BCUT2D eigenvalue weighted by Crippen LogP contribution is -2.43. The molecule has 0 radical (unpaired) electrons. The lowest BCUT2D eigenvalue weighted by Gasteiger charge is -2.24. The monoisotopic (exact) mass is 390 g/mol. The highest BCUT2D eigenvalue weighted by Gasteiger charge is 2.28. The van der Waals surface area contributed by atoms with Gasteiger partial charge in [0.25, 0.3) is 0 Å². The number of carbonyl (C=O) groups is 2. The Balaban J connectivity index is 1.62. The lowest BCUT2D eigenvalue weighted by atomic mass is 9.95. The molecule has 0 aromatic heterocycles. The summed E-state index contributed by atoms with van der Waals surface area (Å²) in [5.41, 5.74) is 0.235. The number of hydrogen-bond donors (Lipinski definition) is 3. The summed E-state index contributed by atoms with van der Waals surface area (Å²) in [7, 11) is 0. The molecule has 8 heteroatoms. The first-order valence-corrected chi connectivity index (χ1v) is 8.62. The predicted molar refractivity (Wildman–Crippen MR) is 100.0 cm³/mol. The molecule has 0 saturated carbocycles. The van der Waals surface area contributed by atoms with Gasteiger partial charge in [0.2, 0.25) is 6.79 Å². The lowest BCUT2D eigenvalue weighted by molar-refractivity contribution is -0.136. The fourth-order valence-corrected chi connectivity index (χ4v) is 2.76. The minimum atomic E-state index is -1.40. The van der Waals surface area contributed by atoms with Crippen molar-refractivity contribution in [3.05, 3.63) is 52.5 Å². The Kier molecular flexibility index (Phi) is 5.25. The van der Waals surface area contributed by atoms with Crippen molar-refractivity contribution in [2.75, 3.05) is 18.7 Å². The van der Waals surface area contributed by atoms with Gasteiger partial charge in [-0.15, -0.1) is 0 Å². The van der Waals surface area contributed by atoms with Gasteiger partial charge in [0.05, 0.1) is 6.54 Å². The van der Waals surface area contributed by atoms with Crippen molar-refractivity contribution in [3.63, 3.8) is 0 Å². The highest BCUT2D eigenvalue weighted by Crippen LogP contribution is 2.35. The smallest absolute Gasteiger partial charge is 0.313 e. The van der Waals surface area contributed by atoms with Crippen molar-refractivity contribution < 1.29 is 24.2 Å². The number of aliphatic hydroxyl groups is 1. The molecule has 3 N–H and O–H groups in total. The van der Waals surface area contributed by atoms with Crippen molar-refractivity contribution >= 4 is 29.1 Å². The van der Waals surface area contributed by atoms with E-state index in [2.05, 4.69) is 10.6 Å². The van der Waals surface area contributed by atoms with Crippen LogP contribution in [0.4, 0.5) is 5.69 Å². The summed E-state index contributed by atoms with van der Waals surface area (Å²) in [6.45, 7) is 3.23. The van der Waals surface area contributed by atoms with Crippen molar-refractivity contribution in [2.45, 2.75) is 19.4 Å². The Morgan fingerprint density at radius 1 is 1.19 bits per heavy atom. The predicted octanol–water partition coefficient (Wildman–Crippen LogP) is 2.34. The van der Waals surface area contributed by atoms with Crippen LogP contribution < -0.4 is 20.1 Å². The normalized spacial score (nSPS) is 14.4. The van der Waals surface area contributed by atoms with Crippen LogP contribution in [0.5, 0.6) is 11.5 Å². The van der Waals surface area contributed by atoms with Gasteiger partial charge in [-0.2, -0.15) is 0 Å². The van der Waals surface area contributed by atoms with Crippen molar-refractivity contribution in [1.29, 1.82) is 0 Å². The molecule has 0 unspecified atom stereocenters. The molecule has 0 spiro atoms. The third-order valence-electron chi connectivity index (χ3n) is 4.31. The second kappa shape index (κ2) is 7.46. The molecule has 3 rings (SSSR count). The molecule has 7 nitrogen and oxygen atoms in total. The molecule has 142 valence electrons. The summed E-state index contributed by atoms with van der Waals surface area (Å²) in [5, 5.41) is 16.1. The van der Waals surface area contributed by atoms with Gasteiger partial charge in [0.1, 0.15) is 5.60 Å². The number of hydrogen-bond acceptors (Lipinski definition) is 5. The second-order valence-electron chi connectivity index (χ2n) is 6.39. The Bertz CT molecular complexity index is 898. The van der Waals surface area contributed by atoms with E-state index in [1.165, 1.54) is 6.92 Å². The minimum Gasteiger partial charge on any atom is -0.454 e. The van der Waals surface area contributed by atoms with Crippen LogP contribution in [0, 0.1) is 6.92 Å². The molecule has 0 fully saturated rings. The van der Waals surface area contributed by atoms with E-state index >= 15 is 0 Å². The molecule has 0 bridgehead atoms. The van der Waals surface area contributed by atoms with Crippen molar-refractivity contribution in [2.24, 2.45) is 0 Å². The summed E-state index contributed by atoms with van der Waals surface area (Å²) >= 11 is 6.00. The number of ether oxygens (including phenoxy) is 2. The van der Waals surface area contributed by atoms with Gasteiger partial charge in [-0.05, 0) is 49.2 Å². The van der Waals surface area contributed by atoms with E-state index in [-0.39, 0.29) is 13.3 Å². The van der Waals surface area contributed by atoms with Gasteiger partial charge < -0.3 is 25.2 Å². The van der Waals surface area contributed by atoms with Gasteiger partial charge in [0, 0.05) is 10.7 Å². The summed E-state index contributed by atoms with van der Waals surface area (Å²) < 4.78 is 10.5. The first kappa shape index (κ1) is 19.0. The minimum absolute atomic E-state index is 0.126. The number of nitrogens with one attached hydrogen (secondary N) is 2. The molecule has 1 atom stereocenters. The van der Waals surface area contributed by atoms with E-state index in [4.69, 9.17) is 21.1 Å². The Morgan fingerprint density at radius 2 is 1.93 bits per heavy atom. The summed E-state index contributed by atoms with van der Waals surface area (Å²) in [6.07, 6.45) is 0. The van der Waals surface area contributed by atoms with Crippen LogP contribution in [0.25, 0.3) is 0 Å². The Labute approximate surface area is 161 Å². The molecule has 1 aliphatic heterocycles. The highest BCUT2D eigenvalue weighted by molar-refractivity contribution is 6.40. The summed E-state index contributed by atoms with van der Waals surface area (Å²) in [4.78, 5) is 24.2. The van der Waals surface area contributed by atoms with Crippen molar-refractivity contribution in [1.82, 2.24) is 5.32 Å². The zero-order chi connectivity index (χ0) is 19.6. The van der Waals surface area contributed by atoms with Crippen LogP contribution >= 0.6 is 11.6 Å². The number of rotatable bonds is 4. The zero-order valence-electron chi connectivity index (χ0n) is 14.8. The van der Waals surface area contributed by atoms with Gasteiger partial charge in [-0.3, -0.25) is 9.59 Å². The van der Waals surface area contributed by atoms with E-state index in [1.54, 1.807) is 43.3 Å². The molecule has 1 heterocycles. The standard InChI is InChI=1S/C19H19ClN2O5/c1-11-13(20)4-3-5-14(11)22-18(24)17(23)21-9-19(2,25)12-6-7-15-16(8-12)27-10-26-15/h3-8,25H,9-10H2,1-2H3,(H,21,23)(H,22,24)/t19-/m1/s1. The largest absolute Gasteiger partial charge is 0.454 e. The number of benzene rings is 2. The summed E-state index contributed by atoms with van der Waals surface area (Å²) in [6, 6.07) is 10.0. The first-order chi connectivity index (χ1) is 12.8. The Morgan fingerprint density at radius 3 is 2.70 bits per heavy atom. The molecular weight excluding hydrogens is 372 g/mol. The topological polar surface area (TPSA) is 96.9 Å². The van der Waals surface area contributed by atoms with E-state index < -0.39 is 17.4 Å². The summed E-state index contributed by atoms with van der Waals surface area (Å²) in [5.74, 6) is -0.597. The van der Waals surface area contributed by atoms with Crippen LogP contribution in [0.3, 0.4) is 0 Å². The average molecular weight is 391 g/mol. The first-order valence-electron chi connectivity index (χ1n) is 8.25. The van der Waals surface area contributed by atoms with Crippen LogP contribution in [0.1, 0.15) is 18.1 Å². The van der Waals surface area contributed by atoms with E-state index in [1.807, 2.05) is 0 Å².